The lowest BCUT2D eigenvalue weighted by Crippen LogP contribution is -2.36. The normalized spacial score (nSPS) is 11.9. The number of carbonyl (C=O) groups excluding carboxylic acids is 2. The van der Waals surface area contributed by atoms with Crippen molar-refractivity contribution in [2.75, 3.05) is 20.8 Å². The van der Waals surface area contributed by atoms with Gasteiger partial charge in [0.2, 0.25) is 6.54 Å². The zero-order chi connectivity index (χ0) is 17.7. The van der Waals surface area contributed by atoms with Crippen LogP contribution in [0.25, 0.3) is 0 Å². The lowest BCUT2D eigenvalue weighted by molar-refractivity contribution is -0.484. The number of hydrogen-bond acceptors (Lipinski definition) is 6. The van der Waals surface area contributed by atoms with Gasteiger partial charge in [-0.25, -0.2) is 8.78 Å². The molecule has 1 rings (SSSR count). The Hall–Kier alpha value is -2.29. The van der Waals surface area contributed by atoms with Crippen molar-refractivity contribution in [3.63, 3.8) is 0 Å². The first-order chi connectivity index (χ1) is 10.7. The van der Waals surface area contributed by atoms with Crippen LogP contribution in [0.5, 0.6) is 0 Å². The molecule has 0 saturated carbocycles. The summed E-state index contributed by atoms with van der Waals surface area (Å²) < 4.78 is 36.5. The summed E-state index contributed by atoms with van der Waals surface area (Å²) in [7, 11) is 1.89. The van der Waals surface area contributed by atoms with Crippen molar-refractivity contribution in [1.29, 1.82) is 0 Å². The Morgan fingerprint density at radius 1 is 1.22 bits per heavy atom. The minimum absolute atomic E-state index is 0.543. The third-order valence-electron chi connectivity index (χ3n) is 3.10. The van der Waals surface area contributed by atoms with E-state index in [4.69, 9.17) is 11.6 Å². The van der Waals surface area contributed by atoms with Gasteiger partial charge in [-0.05, 0) is 12.1 Å². The fourth-order valence-corrected chi connectivity index (χ4v) is 2.20. The average molecular weight is 352 g/mol. The Bertz CT molecular complexity index is 623. The molecule has 0 aromatic heterocycles. The number of benzene rings is 1. The zero-order valence-corrected chi connectivity index (χ0v) is 12.8. The molecule has 0 unspecified atom stereocenters. The molecule has 0 aliphatic heterocycles. The molecule has 0 spiro atoms. The second kappa shape index (κ2) is 7.82. The van der Waals surface area contributed by atoms with Crippen LogP contribution in [0.2, 0.25) is 5.02 Å². The first-order valence-corrected chi connectivity index (χ1v) is 6.52. The van der Waals surface area contributed by atoms with Crippen molar-refractivity contribution < 1.29 is 32.8 Å². The topological polar surface area (TPSA) is 95.7 Å². The Morgan fingerprint density at radius 3 is 2.17 bits per heavy atom. The summed E-state index contributed by atoms with van der Waals surface area (Å²) in [6.45, 7) is -1.02. The third-order valence-corrected chi connectivity index (χ3v) is 3.39. The van der Waals surface area contributed by atoms with Gasteiger partial charge in [0.25, 0.3) is 0 Å². The second-order valence-corrected chi connectivity index (χ2v) is 4.84. The van der Waals surface area contributed by atoms with Crippen LogP contribution in [0.3, 0.4) is 0 Å². The minimum atomic E-state index is -1.83. The maximum absolute atomic E-state index is 14.0. The number of methoxy groups -OCH3 is 2. The van der Waals surface area contributed by atoms with E-state index in [1.807, 2.05) is 0 Å². The maximum Gasteiger partial charge on any atom is 0.320 e. The number of carbonyl (C=O) groups is 2. The van der Waals surface area contributed by atoms with E-state index in [2.05, 4.69) is 9.47 Å². The van der Waals surface area contributed by atoms with Gasteiger partial charge in [-0.15, -0.1) is 0 Å². The fourth-order valence-electron chi connectivity index (χ4n) is 2.04. The largest absolute Gasteiger partial charge is 0.468 e. The van der Waals surface area contributed by atoms with Gasteiger partial charge in [0.1, 0.15) is 11.6 Å². The molecule has 0 aliphatic carbocycles. The summed E-state index contributed by atoms with van der Waals surface area (Å²) in [6, 6.07) is 1.20. The SMILES string of the molecule is COC(=O)C(C(=O)OC)[C@@H](C[N+](=O)[O-])c1cc(F)c(Cl)cc1F. The van der Waals surface area contributed by atoms with Crippen LogP contribution in [0.4, 0.5) is 8.78 Å². The van der Waals surface area contributed by atoms with E-state index in [1.54, 1.807) is 0 Å². The summed E-state index contributed by atoms with van der Waals surface area (Å²) in [5, 5.41) is 10.3. The molecule has 7 nitrogen and oxygen atoms in total. The summed E-state index contributed by atoms with van der Waals surface area (Å²) in [6.07, 6.45) is 0. The van der Waals surface area contributed by atoms with Crippen molar-refractivity contribution in [2.24, 2.45) is 5.92 Å². The van der Waals surface area contributed by atoms with Gasteiger partial charge in [0, 0.05) is 10.5 Å². The fraction of sp³-hybridized carbons (Fsp3) is 0.385. The highest BCUT2D eigenvalue weighted by Gasteiger charge is 2.42. The molecular weight excluding hydrogens is 340 g/mol. The van der Waals surface area contributed by atoms with Crippen LogP contribution in [-0.4, -0.2) is 37.6 Å². The van der Waals surface area contributed by atoms with Gasteiger partial charge in [-0.2, -0.15) is 0 Å². The molecule has 0 fully saturated rings. The van der Waals surface area contributed by atoms with Crippen LogP contribution in [0.15, 0.2) is 12.1 Å². The zero-order valence-electron chi connectivity index (χ0n) is 12.0. The molecule has 0 bridgehead atoms. The van der Waals surface area contributed by atoms with Crippen molar-refractivity contribution in [3.8, 4) is 0 Å². The van der Waals surface area contributed by atoms with Crippen molar-refractivity contribution in [1.82, 2.24) is 0 Å². The van der Waals surface area contributed by atoms with E-state index in [0.717, 1.165) is 14.2 Å². The van der Waals surface area contributed by atoms with Gasteiger partial charge in [0.15, 0.2) is 5.92 Å². The number of rotatable bonds is 6. The summed E-state index contributed by atoms with van der Waals surface area (Å²) in [4.78, 5) is 33.5. The van der Waals surface area contributed by atoms with Gasteiger partial charge < -0.3 is 9.47 Å². The van der Waals surface area contributed by atoms with Gasteiger partial charge >= 0.3 is 11.9 Å². The van der Waals surface area contributed by atoms with Crippen LogP contribution in [0, 0.1) is 27.7 Å². The predicted molar refractivity (Wildman–Crippen MR) is 73.5 cm³/mol. The third kappa shape index (κ3) is 4.35. The smallest absolute Gasteiger partial charge is 0.320 e. The summed E-state index contributed by atoms with van der Waals surface area (Å²) in [5.74, 6) is -7.94. The van der Waals surface area contributed by atoms with Gasteiger partial charge in [-0.3, -0.25) is 19.7 Å². The van der Waals surface area contributed by atoms with E-state index in [9.17, 15) is 28.5 Å². The Morgan fingerprint density at radius 2 is 1.74 bits per heavy atom. The minimum Gasteiger partial charge on any atom is -0.468 e. The summed E-state index contributed by atoms with van der Waals surface area (Å²) >= 11 is 5.42. The second-order valence-electron chi connectivity index (χ2n) is 4.43. The molecule has 10 heteroatoms. The molecule has 0 radical (unpaired) electrons. The molecule has 1 aromatic rings. The van der Waals surface area contributed by atoms with Crippen molar-refractivity contribution in [2.45, 2.75) is 5.92 Å². The maximum atomic E-state index is 14.0. The van der Waals surface area contributed by atoms with E-state index < -0.39 is 57.5 Å². The first-order valence-electron chi connectivity index (χ1n) is 6.14. The lowest BCUT2D eigenvalue weighted by atomic mass is 9.85. The van der Waals surface area contributed by atoms with Crippen molar-refractivity contribution in [3.05, 3.63) is 44.5 Å². The van der Waals surface area contributed by atoms with Crippen LogP contribution >= 0.6 is 11.6 Å². The first kappa shape index (κ1) is 18.8. The lowest BCUT2D eigenvalue weighted by Gasteiger charge is -2.21. The Kier molecular flexibility index (Phi) is 6.38. The molecular formula is C13H12ClF2NO6. The molecule has 0 saturated heterocycles. The number of ether oxygens (including phenoxy) is 2. The highest BCUT2D eigenvalue weighted by molar-refractivity contribution is 6.30. The van der Waals surface area contributed by atoms with Crippen LogP contribution in [-0.2, 0) is 19.1 Å². The van der Waals surface area contributed by atoms with E-state index in [0.29, 0.717) is 12.1 Å². The van der Waals surface area contributed by atoms with E-state index in [-0.39, 0.29) is 0 Å². The van der Waals surface area contributed by atoms with Crippen molar-refractivity contribution >= 4 is 23.5 Å². The molecule has 23 heavy (non-hydrogen) atoms. The highest BCUT2D eigenvalue weighted by Crippen LogP contribution is 2.32. The molecule has 1 aromatic carbocycles. The molecule has 126 valence electrons. The molecule has 0 heterocycles. The number of nitro groups is 1. The van der Waals surface area contributed by atoms with E-state index in [1.165, 1.54) is 0 Å². The number of halogens is 3. The summed E-state index contributed by atoms with van der Waals surface area (Å²) in [5.41, 5.74) is -0.551. The van der Waals surface area contributed by atoms with Crippen LogP contribution < -0.4 is 0 Å². The molecule has 1 atom stereocenters. The molecule has 0 aliphatic rings. The van der Waals surface area contributed by atoms with E-state index >= 15 is 0 Å². The Balaban J connectivity index is 3.48. The number of hydrogen-bond donors (Lipinski definition) is 0. The standard InChI is InChI=1S/C13H12ClF2NO6/c1-22-12(18)11(13(19)23-2)7(5-17(20)21)6-3-10(16)8(14)4-9(6)15/h3-4,7,11H,5H2,1-2H3/t7-/m0/s1. The Labute approximate surface area is 134 Å². The monoisotopic (exact) mass is 351 g/mol. The van der Waals surface area contributed by atoms with Crippen LogP contribution in [0.1, 0.15) is 11.5 Å². The average Bonchev–Trinajstić information content (AvgIpc) is 2.49. The number of esters is 2. The number of nitrogens with zero attached hydrogens (tertiary/aromatic N) is 1. The van der Waals surface area contributed by atoms with Gasteiger partial charge in [-0.1, -0.05) is 11.6 Å². The molecule has 0 amide bonds. The molecule has 0 N–H and O–H groups in total. The predicted octanol–water partition coefficient (Wildman–Crippen LogP) is 1.94. The van der Waals surface area contributed by atoms with Gasteiger partial charge in [0.05, 0.1) is 25.2 Å². The highest BCUT2D eigenvalue weighted by atomic mass is 35.5. The quantitative estimate of drug-likeness (QED) is 0.255.